The summed E-state index contributed by atoms with van der Waals surface area (Å²) in [5.41, 5.74) is 1.22. The molecule has 0 bridgehead atoms. The Morgan fingerprint density at radius 1 is 0.647 bits per heavy atom. The SMILES string of the molecule is Fc1cccc(F)n1.Fc1cccc(SCc2ccccc2)n1.O=S(=O)(Cl)c1cccc(F)n1. The first-order valence-electron chi connectivity index (χ1n) is 9.28. The summed E-state index contributed by atoms with van der Waals surface area (Å²) in [5, 5.41) is 0.248. The fourth-order valence-electron chi connectivity index (χ4n) is 2.11. The van der Waals surface area contributed by atoms with E-state index >= 15 is 0 Å². The number of thioether (sulfide) groups is 1. The largest absolute Gasteiger partial charge is 0.278 e. The molecule has 0 N–H and O–H groups in total. The molecule has 178 valence electrons. The van der Waals surface area contributed by atoms with Gasteiger partial charge in [-0.3, -0.25) is 0 Å². The lowest BCUT2D eigenvalue weighted by molar-refractivity contribution is 0.512. The summed E-state index contributed by atoms with van der Waals surface area (Å²) in [6, 6.07) is 21.7. The third kappa shape index (κ3) is 10.7. The van der Waals surface area contributed by atoms with Crippen LogP contribution in [0, 0.1) is 23.8 Å². The molecule has 0 atom stereocenters. The fourth-order valence-corrected chi connectivity index (χ4v) is 3.64. The molecule has 1 aromatic carbocycles. The molecule has 0 fully saturated rings. The summed E-state index contributed by atoms with van der Waals surface area (Å²) in [4.78, 5) is 9.68. The molecule has 0 saturated heterocycles. The number of benzene rings is 1. The molecule has 0 amide bonds. The van der Waals surface area contributed by atoms with Gasteiger partial charge in [-0.2, -0.15) is 22.5 Å². The second-order valence-corrected chi connectivity index (χ2v) is 9.60. The van der Waals surface area contributed by atoms with Crippen molar-refractivity contribution >= 4 is 31.5 Å². The van der Waals surface area contributed by atoms with Gasteiger partial charge in [0.15, 0.2) is 5.03 Å². The minimum Gasteiger partial charge on any atom is -0.213 e. The molecule has 0 aliphatic rings. The van der Waals surface area contributed by atoms with E-state index in [9.17, 15) is 26.0 Å². The van der Waals surface area contributed by atoms with Crippen molar-refractivity contribution in [3.63, 3.8) is 0 Å². The highest BCUT2D eigenvalue weighted by Gasteiger charge is 2.11. The number of nitrogens with zero attached hydrogens (tertiary/aromatic N) is 3. The molecule has 3 heterocycles. The Morgan fingerprint density at radius 3 is 1.59 bits per heavy atom. The van der Waals surface area contributed by atoms with Crippen LogP contribution in [0.5, 0.6) is 0 Å². The Labute approximate surface area is 202 Å². The molecule has 4 rings (SSSR count). The second-order valence-electron chi connectivity index (χ2n) is 6.09. The van der Waals surface area contributed by atoms with Crippen LogP contribution in [0.2, 0.25) is 0 Å². The van der Waals surface area contributed by atoms with Crippen molar-refractivity contribution in [3.05, 3.63) is 114 Å². The molecular weight excluding hydrogens is 514 g/mol. The van der Waals surface area contributed by atoms with E-state index < -0.39 is 37.9 Å². The Balaban J connectivity index is 0.000000190. The number of pyridine rings is 3. The molecule has 3 aromatic heterocycles. The molecule has 0 unspecified atom stereocenters. The molecule has 0 aliphatic carbocycles. The highest BCUT2D eigenvalue weighted by Crippen LogP contribution is 2.20. The van der Waals surface area contributed by atoms with E-state index in [-0.39, 0.29) is 0 Å². The number of aromatic nitrogens is 3. The van der Waals surface area contributed by atoms with Gasteiger partial charge in [0, 0.05) is 16.4 Å². The zero-order chi connectivity index (χ0) is 25.0. The summed E-state index contributed by atoms with van der Waals surface area (Å²) in [6.45, 7) is 0. The third-order valence-electron chi connectivity index (χ3n) is 3.54. The predicted octanol–water partition coefficient (Wildman–Crippen LogP) is 6.02. The van der Waals surface area contributed by atoms with E-state index in [4.69, 9.17) is 10.7 Å². The van der Waals surface area contributed by atoms with Crippen molar-refractivity contribution in [2.24, 2.45) is 0 Å². The van der Waals surface area contributed by atoms with Gasteiger partial charge >= 0.3 is 0 Å². The summed E-state index contributed by atoms with van der Waals surface area (Å²) in [6.07, 6.45) is 0. The van der Waals surface area contributed by atoms with Gasteiger partial charge in [0.05, 0.1) is 5.03 Å². The lowest BCUT2D eigenvalue weighted by Crippen LogP contribution is -1.95. The normalized spacial score (nSPS) is 10.4. The molecule has 4 aromatic rings. The van der Waals surface area contributed by atoms with Gasteiger partial charge in [0.2, 0.25) is 23.8 Å². The van der Waals surface area contributed by atoms with E-state index in [0.29, 0.717) is 0 Å². The molecule has 0 aliphatic heterocycles. The van der Waals surface area contributed by atoms with Gasteiger partial charge in [-0.15, -0.1) is 11.8 Å². The maximum atomic E-state index is 12.8. The van der Waals surface area contributed by atoms with Gasteiger partial charge in [-0.1, -0.05) is 48.5 Å². The van der Waals surface area contributed by atoms with Crippen LogP contribution in [0.1, 0.15) is 5.56 Å². The first kappa shape index (κ1) is 27.2. The van der Waals surface area contributed by atoms with Gasteiger partial charge in [0.25, 0.3) is 9.05 Å². The van der Waals surface area contributed by atoms with E-state index in [1.54, 1.807) is 6.07 Å². The monoisotopic (exact) mass is 529 g/mol. The predicted molar refractivity (Wildman–Crippen MR) is 122 cm³/mol. The Bertz CT molecular complexity index is 1280. The van der Waals surface area contributed by atoms with Crippen molar-refractivity contribution < 1.29 is 26.0 Å². The smallest absolute Gasteiger partial charge is 0.213 e. The van der Waals surface area contributed by atoms with Crippen LogP contribution in [-0.4, -0.2) is 23.4 Å². The lowest BCUT2D eigenvalue weighted by Gasteiger charge is -2.00. The summed E-state index contributed by atoms with van der Waals surface area (Å²) in [7, 11) is 0.969. The van der Waals surface area contributed by atoms with E-state index in [2.05, 4.69) is 15.0 Å². The minimum absolute atomic E-state index is 0.423. The third-order valence-corrected chi connectivity index (χ3v) is 5.74. The molecule has 0 radical (unpaired) electrons. The summed E-state index contributed by atoms with van der Waals surface area (Å²) < 4.78 is 69.7. The lowest BCUT2D eigenvalue weighted by atomic mass is 10.2. The van der Waals surface area contributed by atoms with Crippen molar-refractivity contribution in [1.82, 2.24) is 15.0 Å². The average molecular weight is 530 g/mol. The van der Waals surface area contributed by atoms with Crippen LogP contribution in [0.3, 0.4) is 0 Å². The summed E-state index contributed by atoms with van der Waals surface area (Å²) >= 11 is 1.54. The van der Waals surface area contributed by atoms with Gasteiger partial charge in [0.1, 0.15) is 0 Å². The van der Waals surface area contributed by atoms with Crippen LogP contribution in [0.4, 0.5) is 17.6 Å². The van der Waals surface area contributed by atoms with Crippen LogP contribution >= 0.6 is 22.4 Å². The van der Waals surface area contributed by atoms with Crippen molar-refractivity contribution in [2.45, 2.75) is 15.8 Å². The second kappa shape index (κ2) is 13.6. The maximum absolute atomic E-state index is 12.8. The number of rotatable bonds is 4. The van der Waals surface area contributed by atoms with Crippen LogP contribution in [0.25, 0.3) is 0 Å². The van der Waals surface area contributed by atoms with Crippen molar-refractivity contribution in [1.29, 1.82) is 0 Å². The standard InChI is InChI=1S/C12H10FNS.C5H3ClFNO2S.C5H3F2N/c13-11-7-4-8-12(14-11)15-9-10-5-2-1-3-6-10;6-11(9,10)5-3-1-2-4(7)8-5;6-4-2-1-3-5(7)8-4/h1-8H,9H2;1-3H;1-3H. The van der Waals surface area contributed by atoms with Crippen LogP contribution in [-0.2, 0) is 14.8 Å². The zero-order valence-electron chi connectivity index (χ0n) is 17.2. The van der Waals surface area contributed by atoms with Crippen LogP contribution < -0.4 is 0 Å². The first-order chi connectivity index (χ1) is 16.1. The number of halogens is 5. The fraction of sp³-hybridized carbons (Fsp3) is 0.0455. The van der Waals surface area contributed by atoms with E-state index in [1.807, 2.05) is 36.4 Å². The van der Waals surface area contributed by atoms with Crippen LogP contribution in [0.15, 0.2) is 95.0 Å². The molecule has 5 nitrogen and oxygen atoms in total. The number of hydrogen-bond acceptors (Lipinski definition) is 6. The zero-order valence-corrected chi connectivity index (χ0v) is 19.5. The summed E-state index contributed by atoms with van der Waals surface area (Å²) in [5.74, 6) is -2.05. The maximum Gasteiger partial charge on any atom is 0.278 e. The van der Waals surface area contributed by atoms with Crippen molar-refractivity contribution in [3.8, 4) is 0 Å². The van der Waals surface area contributed by atoms with Gasteiger partial charge in [-0.05, 0) is 42.0 Å². The topological polar surface area (TPSA) is 72.8 Å². The molecule has 12 heteroatoms. The molecular formula is C22H16ClF4N3O2S2. The molecule has 0 spiro atoms. The first-order valence-corrected chi connectivity index (χ1v) is 12.6. The van der Waals surface area contributed by atoms with Gasteiger partial charge in [-0.25, -0.2) is 18.4 Å². The highest BCUT2D eigenvalue weighted by molar-refractivity contribution is 8.13. The molecule has 0 saturated carbocycles. The van der Waals surface area contributed by atoms with Gasteiger partial charge < -0.3 is 0 Å². The number of hydrogen-bond donors (Lipinski definition) is 0. The Hall–Kier alpha value is -3.02. The average Bonchev–Trinajstić information content (AvgIpc) is 2.79. The Morgan fingerprint density at radius 2 is 1.15 bits per heavy atom. The molecule has 34 heavy (non-hydrogen) atoms. The van der Waals surface area contributed by atoms with E-state index in [1.165, 1.54) is 35.5 Å². The highest BCUT2D eigenvalue weighted by atomic mass is 35.7. The van der Waals surface area contributed by atoms with Crippen molar-refractivity contribution in [2.75, 3.05) is 0 Å². The minimum atomic E-state index is -3.90. The quantitative estimate of drug-likeness (QED) is 0.139. The van der Waals surface area contributed by atoms with E-state index in [0.717, 1.165) is 35.0 Å². The Kier molecular flexibility index (Phi) is 10.9.